The number of rotatable bonds is 2. The number of nitrogens with zero attached hydrogens (tertiary/aromatic N) is 3. The van der Waals surface area contributed by atoms with Gasteiger partial charge >= 0.3 is 0 Å². The first-order valence-corrected chi connectivity index (χ1v) is 4.19. The summed E-state index contributed by atoms with van der Waals surface area (Å²) in [7, 11) is 0. The Morgan fingerprint density at radius 2 is 2.31 bits per heavy atom. The minimum absolute atomic E-state index is 0.237. The molecule has 66 valence electrons. The third kappa shape index (κ3) is 1.40. The van der Waals surface area contributed by atoms with E-state index in [1.54, 1.807) is 16.8 Å². The Morgan fingerprint density at radius 1 is 1.46 bits per heavy atom. The second-order valence-electron chi connectivity index (χ2n) is 2.25. The van der Waals surface area contributed by atoms with Crippen molar-refractivity contribution in [3.05, 3.63) is 23.2 Å². The molecule has 0 aromatic carbocycles. The van der Waals surface area contributed by atoms with E-state index in [1.165, 1.54) is 6.20 Å². The van der Waals surface area contributed by atoms with Crippen molar-refractivity contribution in [3.63, 3.8) is 0 Å². The standard InChI is InChI=1S/C7H4BrN3O2/c8-5-1-9-6-2-10-7(13-4-12)3-11(5)6/h1-4H. The molecule has 13 heavy (non-hydrogen) atoms. The molecule has 2 rings (SSSR count). The number of halogens is 1. The van der Waals surface area contributed by atoms with Crippen LogP contribution in [-0.4, -0.2) is 20.8 Å². The summed E-state index contributed by atoms with van der Waals surface area (Å²) >= 11 is 3.28. The highest BCUT2D eigenvalue weighted by molar-refractivity contribution is 9.10. The number of imidazole rings is 1. The highest BCUT2D eigenvalue weighted by Gasteiger charge is 2.02. The minimum atomic E-state index is 0.237. The van der Waals surface area contributed by atoms with E-state index in [0.717, 1.165) is 4.60 Å². The number of fused-ring (bicyclic) bond motifs is 1. The Hall–Kier alpha value is -1.43. The van der Waals surface area contributed by atoms with Crippen LogP contribution in [0, 0.1) is 0 Å². The summed E-state index contributed by atoms with van der Waals surface area (Å²) in [6.07, 6.45) is 4.73. The van der Waals surface area contributed by atoms with Crippen molar-refractivity contribution in [3.8, 4) is 5.88 Å². The number of aromatic nitrogens is 3. The van der Waals surface area contributed by atoms with Gasteiger partial charge in [-0.15, -0.1) is 0 Å². The summed E-state index contributed by atoms with van der Waals surface area (Å²) in [6.45, 7) is 0.332. The molecule has 0 unspecified atom stereocenters. The Morgan fingerprint density at radius 3 is 3.08 bits per heavy atom. The summed E-state index contributed by atoms with van der Waals surface area (Å²) in [6, 6.07) is 0. The van der Waals surface area contributed by atoms with E-state index < -0.39 is 0 Å². The van der Waals surface area contributed by atoms with Gasteiger partial charge in [0.1, 0.15) is 4.60 Å². The van der Waals surface area contributed by atoms with Gasteiger partial charge in [-0.05, 0) is 15.9 Å². The van der Waals surface area contributed by atoms with Crippen LogP contribution < -0.4 is 4.74 Å². The van der Waals surface area contributed by atoms with Crippen LogP contribution >= 0.6 is 15.9 Å². The van der Waals surface area contributed by atoms with Crippen LogP contribution in [0.2, 0.25) is 0 Å². The quantitative estimate of drug-likeness (QED) is 0.738. The van der Waals surface area contributed by atoms with Gasteiger partial charge in [0.05, 0.1) is 18.6 Å². The number of ether oxygens (including phenoxy) is 1. The summed E-state index contributed by atoms with van der Waals surface area (Å²) in [4.78, 5) is 17.9. The van der Waals surface area contributed by atoms with Gasteiger partial charge in [-0.25, -0.2) is 9.97 Å². The van der Waals surface area contributed by atoms with Gasteiger partial charge in [-0.1, -0.05) is 0 Å². The maximum Gasteiger partial charge on any atom is 0.299 e. The van der Waals surface area contributed by atoms with Crippen LogP contribution in [0.15, 0.2) is 23.2 Å². The van der Waals surface area contributed by atoms with Crippen LogP contribution in [-0.2, 0) is 4.79 Å². The van der Waals surface area contributed by atoms with Gasteiger partial charge in [0, 0.05) is 0 Å². The molecule has 0 aliphatic heterocycles. The molecule has 6 heteroatoms. The molecule has 0 amide bonds. The molecule has 0 atom stereocenters. The zero-order valence-corrected chi connectivity index (χ0v) is 7.93. The highest BCUT2D eigenvalue weighted by Crippen LogP contribution is 2.14. The molecular formula is C7H4BrN3O2. The van der Waals surface area contributed by atoms with Crippen molar-refractivity contribution in [1.82, 2.24) is 14.4 Å². The normalized spacial score (nSPS) is 10.2. The molecule has 0 radical (unpaired) electrons. The molecule has 2 heterocycles. The maximum atomic E-state index is 10.0. The number of hydrogen-bond acceptors (Lipinski definition) is 4. The first-order valence-electron chi connectivity index (χ1n) is 3.40. The maximum absolute atomic E-state index is 10.0. The third-order valence-electron chi connectivity index (χ3n) is 1.50. The van der Waals surface area contributed by atoms with Crippen molar-refractivity contribution < 1.29 is 9.53 Å². The Kier molecular flexibility index (Phi) is 1.97. The Balaban J connectivity index is 2.58. The van der Waals surface area contributed by atoms with E-state index in [0.29, 0.717) is 12.1 Å². The highest BCUT2D eigenvalue weighted by atomic mass is 79.9. The number of hydrogen-bond donors (Lipinski definition) is 0. The zero-order chi connectivity index (χ0) is 9.26. The fourth-order valence-corrected chi connectivity index (χ4v) is 1.34. The molecule has 0 bridgehead atoms. The second kappa shape index (κ2) is 3.14. The monoisotopic (exact) mass is 241 g/mol. The largest absolute Gasteiger partial charge is 0.408 e. The molecule has 0 saturated heterocycles. The van der Waals surface area contributed by atoms with Crippen LogP contribution in [0.3, 0.4) is 0 Å². The van der Waals surface area contributed by atoms with E-state index in [1.807, 2.05) is 0 Å². The van der Waals surface area contributed by atoms with Crippen LogP contribution in [0.25, 0.3) is 5.65 Å². The first-order chi connectivity index (χ1) is 6.31. The third-order valence-corrected chi connectivity index (χ3v) is 2.08. The first kappa shape index (κ1) is 8.18. The van der Waals surface area contributed by atoms with Crippen molar-refractivity contribution in [2.24, 2.45) is 0 Å². The smallest absolute Gasteiger partial charge is 0.299 e. The van der Waals surface area contributed by atoms with E-state index in [9.17, 15) is 4.79 Å². The summed E-state index contributed by atoms with van der Waals surface area (Å²) in [5.74, 6) is 0.237. The van der Waals surface area contributed by atoms with Crippen LogP contribution in [0.4, 0.5) is 0 Å². The van der Waals surface area contributed by atoms with Gasteiger partial charge in [-0.3, -0.25) is 9.20 Å². The lowest BCUT2D eigenvalue weighted by molar-refractivity contribution is -0.120. The average molecular weight is 242 g/mol. The summed E-state index contributed by atoms with van der Waals surface area (Å²) in [5.41, 5.74) is 0.685. The lowest BCUT2D eigenvalue weighted by atomic mass is 10.7. The molecule has 0 aliphatic rings. The van der Waals surface area contributed by atoms with Crippen molar-refractivity contribution in [1.29, 1.82) is 0 Å². The molecule has 0 saturated carbocycles. The summed E-state index contributed by atoms with van der Waals surface area (Å²) < 4.78 is 7.07. The molecule has 0 N–H and O–H groups in total. The summed E-state index contributed by atoms with van der Waals surface area (Å²) in [5, 5.41) is 0. The van der Waals surface area contributed by atoms with E-state index in [2.05, 4.69) is 30.6 Å². The molecule has 2 aromatic rings. The minimum Gasteiger partial charge on any atom is -0.408 e. The van der Waals surface area contributed by atoms with Crippen molar-refractivity contribution >= 4 is 28.0 Å². The number of carbonyl (C=O) groups excluding carboxylic acids is 1. The average Bonchev–Trinajstić information content (AvgIpc) is 2.49. The van der Waals surface area contributed by atoms with E-state index in [4.69, 9.17) is 0 Å². The van der Waals surface area contributed by atoms with Gasteiger partial charge in [0.2, 0.25) is 5.88 Å². The molecule has 5 nitrogen and oxygen atoms in total. The fourth-order valence-electron chi connectivity index (χ4n) is 0.952. The van der Waals surface area contributed by atoms with Crippen LogP contribution in [0.1, 0.15) is 0 Å². The predicted molar refractivity (Wildman–Crippen MR) is 47.4 cm³/mol. The second-order valence-corrected chi connectivity index (χ2v) is 3.06. The molecule has 2 aromatic heterocycles. The Bertz CT molecular complexity index is 454. The molecule has 0 aliphatic carbocycles. The van der Waals surface area contributed by atoms with Gasteiger partial charge in [0.15, 0.2) is 5.65 Å². The molecule has 0 spiro atoms. The zero-order valence-electron chi connectivity index (χ0n) is 6.35. The fraction of sp³-hybridized carbons (Fsp3) is 0. The lowest BCUT2D eigenvalue weighted by Gasteiger charge is -1.97. The number of carbonyl (C=O) groups is 1. The SMILES string of the molecule is O=COc1cn2c(Br)cnc2cn1. The molecule has 0 fully saturated rings. The molecular weight excluding hydrogens is 238 g/mol. The van der Waals surface area contributed by atoms with Gasteiger partial charge < -0.3 is 4.74 Å². The van der Waals surface area contributed by atoms with E-state index in [-0.39, 0.29) is 5.88 Å². The van der Waals surface area contributed by atoms with Crippen LogP contribution in [0.5, 0.6) is 5.88 Å². The predicted octanol–water partition coefficient (Wildman–Crippen LogP) is 1.03. The van der Waals surface area contributed by atoms with Crippen molar-refractivity contribution in [2.45, 2.75) is 0 Å². The van der Waals surface area contributed by atoms with E-state index >= 15 is 0 Å². The Labute approximate surface area is 81.5 Å². The van der Waals surface area contributed by atoms with Gasteiger partial charge in [-0.2, -0.15) is 0 Å². The topological polar surface area (TPSA) is 56.5 Å². The van der Waals surface area contributed by atoms with Gasteiger partial charge in [0.25, 0.3) is 6.47 Å². The lowest BCUT2D eigenvalue weighted by Crippen LogP contribution is -1.95. The van der Waals surface area contributed by atoms with Crippen molar-refractivity contribution in [2.75, 3.05) is 0 Å².